The van der Waals surface area contributed by atoms with Gasteiger partial charge >= 0.3 is 0 Å². The van der Waals surface area contributed by atoms with Crippen LogP contribution in [0.3, 0.4) is 0 Å². The first-order chi connectivity index (χ1) is 14.8. The Bertz CT molecular complexity index is 1340. The van der Waals surface area contributed by atoms with Gasteiger partial charge in [-0.1, -0.05) is 23.7 Å². The minimum absolute atomic E-state index is 0.182. The van der Waals surface area contributed by atoms with Gasteiger partial charge in [0.1, 0.15) is 6.04 Å². The van der Waals surface area contributed by atoms with Gasteiger partial charge in [0.15, 0.2) is 5.65 Å². The monoisotopic (exact) mass is 441 g/mol. The van der Waals surface area contributed by atoms with E-state index in [1.807, 2.05) is 36.9 Å². The topological polar surface area (TPSA) is 55.4 Å². The number of pyridine rings is 1. The van der Waals surface area contributed by atoms with Crippen molar-refractivity contribution in [3.8, 4) is 0 Å². The van der Waals surface area contributed by atoms with E-state index < -0.39 is 18.3 Å². The van der Waals surface area contributed by atoms with Crippen molar-refractivity contribution in [3.63, 3.8) is 0 Å². The van der Waals surface area contributed by atoms with E-state index in [2.05, 4.69) is 10.2 Å². The highest BCUT2D eigenvalue weighted by Crippen LogP contribution is 2.43. The Labute approximate surface area is 181 Å². The van der Waals surface area contributed by atoms with Gasteiger partial charge < -0.3 is 4.57 Å². The van der Waals surface area contributed by atoms with E-state index in [1.54, 1.807) is 30.0 Å². The molecule has 1 aliphatic rings. The second kappa shape index (κ2) is 6.88. The second-order valence-corrected chi connectivity index (χ2v) is 8.18. The Morgan fingerprint density at radius 3 is 2.45 bits per heavy atom. The van der Waals surface area contributed by atoms with Gasteiger partial charge in [-0.25, -0.2) is 8.78 Å². The number of fused-ring (bicyclic) bond motifs is 2. The van der Waals surface area contributed by atoms with Gasteiger partial charge in [0.2, 0.25) is 5.82 Å². The Morgan fingerprint density at radius 2 is 1.77 bits per heavy atom. The quantitative estimate of drug-likeness (QED) is 0.448. The zero-order chi connectivity index (χ0) is 22.0. The minimum atomic E-state index is -2.79. The zero-order valence-corrected chi connectivity index (χ0v) is 17.7. The van der Waals surface area contributed by atoms with Crippen molar-refractivity contribution >= 4 is 28.8 Å². The van der Waals surface area contributed by atoms with Crippen LogP contribution in [0.5, 0.6) is 0 Å². The van der Waals surface area contributed by atoms with Crippen LogP contribution < -0.4 is 4.90 Å². The molecule has 0 aliphatic carbocycles. The van der Waals surface area contributed by atoms with Crippen LogP contribution in [0.2, 0.25) is 5.02 Å². The predicted octanol–water partition coefficient (Wildman–Crippen LogP) is 5.03. The SMILES string of the molecule is Cc1cn(C)c2c1C(=O)N(c1cc(C)c3nnc(C(F)F)n3c1)C2c1ccc(Cl)cc1. The number of rotatable bonds is 3. The molecule has 0 fully saturated rings. The maximum absolute atomic E-state index is 13.6. The molecule has 0 saturated carbocycles. The molecule has 9 heteroatoms. The fourth-order valence-corrected chi connectivity index (χ4v) is 4.55. The largest absolute Gasteiger partial charge is 0.351 e. The van der Waals surface area contributed by atoms with Crippen LogP contribution in [0.4, 0.5) is 14.5 Å². The van der Waals surface area contributed by atoms with E-state index in [1.165, 1.54) is 10.6 Å². The first-order valence-electron chi connectivity index (χ1n) is 9.66. The Kier molecular flexibility index (Phi) is 4.37. The normalized spacial score (nSPS) is 16.0. The average molecular weight is 442 g/mol. The summed E-state index contributed by atoms with van der Waals surface area (Å²) in [5, 5.41) is 8.10. The van der Waals surface area contributed by atoms with E-state index in [9.17, 15) is 13.6 Å². The first kappa shape index (κ1) is 19.7. The third-order valence-corrected chi connectivity index (χ3v) is 5.98. The lowest BCUT2D eigenvalue weighted by atomic mass is 10.0. The molecule has 6 nitrogen and oxygen atoms in total. The van der Waals surface area contributed by atoms with Gasteiger partial charge in [0.05, 0.1) is 16.9 Å². The summed E-state index contributed by atoms with van der Waals surface area (Å²) >= 11 is 6.08. The van der Waals surface area contributed by atoms with Crippen LogP contribution in [-0.2, 0) is 7.05 Å². The smallest absolute Gasteiger partial charge is 0.297 e. The molecule has 1 amide bonds. The molecule has 1 atom stereocenters. The Hall–Kier alpha value is -3.26. The summed E-state index contributed by atoms with van der Waals surface area (Å²) in [7, 11) is 1.90. The highest BCUT2D eigenvalue weighted by Gasteiger charge is 2.42. The van der Waals surface area contributed by atoms with Crippen LogP contribution in [-0.4, -0.2) is 25.1 Å². The van der Waals surface area contributed by atoms with Gasteiger partial charge in [-0.3, -0.25) is 14.1 Å². The van der Waals surface area contributed by atoms with Crippen LogP contribution >= 0.6 is 11.6 Å². The lowest BCUT2D eigenvalue weighted by molar-refractivity contribution is 0.0993. The van der Waals surface area contributed by atoms with E-state index in [4.69, 9.17) is 11.6 Å². The molecule has 4 aromatic rings. The number of carbonyl (C=O) groups excluding carboxylic acids is 1. The lowest BCUT2D eigenvalue weighted by Gasteiger charge is -2.27. The first-order valence-corrected chi connectivity index (χ1v) is 10.0. The number of nitrogens with zero attached hydrogens (tertiary/aromatic N) is 5. The van der Waals surface area contributed by atoms with Crippen molar-refractivity contribution in [2.24, 2.45) is 7.05 Å². The summed E-state index contributed by atoms with van der Waals surface area (Å²) in [6.45, 7) is 3.65. The molecule has 3 aromatic heterocycles. The fraction of sp³-hybridized carbons (Fsp3) is 0.227. The molecular formula is C22H18ClF2N5O. The molecule has 31 heavy (non-hydrogen) atoms. The number of halogens is 3. The summed E-state index contributed by atoms with van der Waals surface area (Å²) in [5.74, 6) is -0.637. The molecule has 5 rings (SSSR count). The highest BCUT2D eigenvalue weighted by atomic mass is 35.5. The van der Waals surface area contributed by atoms with E-state index in [0.717, 1.165) is 16.8 Å². The van der Waals surface area contributed by atoms with Gasteiger partial charge in [0.25, 0.3) is 12.3 Å². The number of hydrogen-bond acceptors (Lipinski definition) is 3. The molecule has 0 N–H and O–H groups in total. The predicted molar refractivity (Wildman–Crippen MR) is 113 cm³/mol. The molecule has 1 aromatic carbocycles. The van der Waals surface area contributed by atoms with E-state index in [-0.39, 0.29) is 5.91 Å². The van der Waals surface area contributed by atoms with Crippen molar-refractivity contribution in [2.75, 3.05) is 4.90 Å². The summed E-state index contributed by atoms with van der Waals surface area (Å²) in [4.78, 5) is 15.2. The summed E-state index contributed by atoms with van der Waals surface area (Å²) in [6, 6.07) is 8.65. The standard InChI is InChI=1S/C22H18ClF2N5O/c1-11-8-15(10-29-20(11)26-27-21(29)19(24)25)30-17(13-4-6-14(23)7-5-13)18-16(22(30)31)12(2)9-28(18)3/h4-10,17,19H,1-3H3. The van der Waals surface area contributed by atoms with Gasteiger partial charge in [0, 0.05) is 24.5 Å². The lowest BCUT2D eigenvalue weighted by Crippen LogP contribution is -2.30. The van der Waals surface area contributed by atoms with Gasteiger partial charge in [-0.2, -0.15) is 0 Å². The van der Waals surface area contributed by atoms with Crippen molar-refractivity contribution in [1.29, 1.82) is 0 Å². The number of benzene rings is 1. The summed E-state index contributed by atoms with van der Waals surface area (Å²) < 4.78 is 30.2. The summed E-state index contributed by atoms with van der Waals surface area (Å²) in [6.07, 6.45) is 0.642. The maximum atomic E-state index is 13.6. The Balaban J connectivity index is 1.75. The Morgan fingerprint density at radius 1 is 1.06 bits per heavy atom. The number of aromatic nitrogens is 4. The van der Waals surface area contributed by atoms with Crippen molar-refractivity contribution in [3.05, 3.63) is 81.5 Å². The van der Waals surface area contributed by atoms with E-state index in [0.29, 0.717) is 27.5 Å². The number of aryl methyl sites for hydroxylation is 3. The van der Waals surface area contributed by atoms with Crippen molar-refractivity contribution < 1.29 is 13.6 Å². The zero-order valence-electron chi connectivity index (χ0n) is 17.0. The molecular weight excluding hydrogens is 424 g/mol. The van der Waals surface area contributed by atoms with Crippen molar-refractivity contribution in [2.45, 2.75) is 26.3 Å². The van der Waals surface area contributed by atoms with Crippen molar-refractivity contribution in [1.82, 2.24) is 19.2 Å². The number of carbonyl (C=O) groups is 1. The summed E-state index contributed by atoms with van der Waals surface area (Å²) in [5.41, 5.74) is 4.67. The molecule has 0 saturated heterocycles. The highest BCUT2D eigenvalue weighted by molar-refractivity contribution is 6.30. The second-order valence-electron chi connectivity index (χ2n) is 7.75. The molecule has 1 unspecified atom stereocenters. The number of anilines is 1. The van der Waals surface area contributed by atoms with Crippen LogP contribution in [0, 0.1) is 13.8 Å². The molecule has 158 valence electrons. The number of amides is 1. The molecule has 0 radical (unpaired) electrons. The van der Waals surface area contributed by atoms with Crippen LogP contribution in [0.1, 0.15) is 51.0 Å². The van der Waals surface area contributed by atoms with Crippen LogP contribution in [0.15, 0.2) is 42.7 Å². The molecule has 1 aliphatic heterocycles. The third-order valence-electron chi connectivity index (χ3n) is 5.73. The number of hydrogen-bond donors (Lipinski definition) is 0. The van der Waals surface area contributed by atoms with Crippen LogP contribution in [0.25, 0.3) is 5.65 Å². The fourth-order valence-electron chi connectivity index (χ4n) is 4.43. The third kappa shape index (κ3) is 2.85. The molecule has 0 bridgehead atoms. The molecule has 4 heterocycles. The minimum Gasteiger partial charge on any atom is -0.351 e. The molecule has 0 spiro atoms. The maximum Gasteiger partial charge on any atom is 0.297 e. The average Bonchev–Trinajstić information content (AvgIpc) is 3.36. The number of alkyl halides is 2. The van der Waals surface area contributed by atoms with E-state index >= 15 is 0 Å². The van der Waals surface area contributed by atoms with Gasteiger partial charge in [-0.15, -0.1) is 10.2 Å². The van der Waals surface area contributed by atoms with Gasteiger partial charge in [-0.05, 0) is 48.7 Å².